The number of piperidine rings is 1. The van der Waals surface area contributed by atoms with Crippen LogP contribution in [0.1, 0.15) is 58.4 Å². The molecular weight excluding hydrogens is 260 g/mol. The maximum absolute atomic E-state index is 13.0. The molecule has 0 aromatic heterocycles. The van der Waals surface area contributed by atoms with E-state index in [2.05, 4.69) is 50.6 Å². The first-order valence-corrected chi connectivity index (χ1v) is 8.03. The van der Waals surface area contributed by atoms with Crippen molar-refractivity contribution in [3.63, 3.8) is 0 Å². The van der Waals surface area contributed by atoms with Crippen molar-refractivity contribution in [1.82, 2.24) is 9.80 Å². The quantitative estimate of drug-likeness (QED) is 0.791. The van der Waals surface area contributed by atoms with Gasteiger partial charge in [-0.3, -0.25) is 4.79 Å². The summed E-state index contributed by atoms with van der Waals surface area (Å²) in [5.74, 6) is 0.257. The number of nitrogens with zero attached hydrogens (tertiary/aromatic N) is 2. The first-order valence-electron chi connectivity index (χ1n) is 8.03. The van der Waals surface area contributed by atoms with E-state index in [0.717, 1.165) is 37.1 Å². The molecule has 1 fully saturated rings. The summed E-state index contributed by atoms with van der Waals surface area (Å²) in [5.41, 5.74) is 5.99. The summed E-state index contributed by atoms with van der Waals surface area (Å²) >= 11 is 0. The van der Waals surface area contributed by atoms with Crippen LogP contribution in [-0.2, 0) is 0 Å². The van der Waals surface area contributed by atoms with E-state index in [0.29, 0.717) is 6.04 Å². The Morgan fingerprint density at radius 3 is 2.33 bits per heavy atom. The van der Waals surface area contributed by atoms with E-state index in [1.165, 1.54) is 16.7 Å². The fraction of sp³-hybridized carbons (Fsp3) is 0.611. The van der Waals surface area contributed by atoms with Gasteiger partial charge in [-0.1, -0.05) is 6.07 Å². The molecule has 0 N–H and O–H groups in total. The molecule has 1 unspecified atom stereocenters. The first-order chi connectivity index (χ1) is 9.91. The van der Waals surface area contributed by atoms with Gasteiger partial charge in [0, 0.05) is 11.6 Å². The molecule has 2 aliphatic rings. The summed E-state index contributed by atoms with van der Waals surface area (Å²) in [6.45, 7) is 10.8. The smallest absolute Gasteiger partial charge is 0.255 e. The van der Waals surface area contributed by atoms with Gasteiger partial charge < -0.3 is 9.80 Å². The van der Waals surface area contributed by atoms with Gasteiger partial charge in [0.2, 0.25) is 0 Å². The number of amides is 1. The topological polar surface area (TPSA) is 23.6 Å². The highest BCUT2D eigenvalue weighted by molar-refractivity contribution is 6.01. The number of benzene rings is 1. The number of fused-ring (bicyclic) bond motifs is 1. The third kappa shape index (κ3) is 2.18. The maximum Gasteiger partial charge on any atom is 0.255 e. The minimum Gasteiger partial charge on any atom is -0.329 e. The standard InChI is InChI=1S/C18H26N2O/c1-11-10-12(2)16-17(13(11)3)14(4)20(18(16)21)15-6-8-19(5)9-7-15/h10,14-15H,6-9H2,1-5H3. The SMILES string of the molecule is Cc1cc(C)c2c(c1C)C(C)N(C1CCN(C)CC1)C2=O. The van der Waals surface area contributed by atoms with Crippen molar-refractivity contribution in [2.45, 2.75) is 52.6 Å². The third-order valence-corrected chi connectivity index (χ3v) is 5.46. The van der Waals surface area contributed by atoms with Crippen LogP contribution in [0.15, 0.2) is 6.07 Å². The van der Waals surface area contributed by atoms with Gasteiger partial charge in [0.1, 0.15) is 0 Å². The first kappa shape index (κ1) is 14.6. The lowest BCUT2D eigenvalue weighted by Crippen LogP contribution is -2.44. The Balaban J connectivity index is 1.99. The monoisotopic (exact) mass is 286 g/mol. The molecule has 114 valence electrons. The zero-order chi connectivity index (χ0) is 15.3. The van der Waals surface area contributed by atoms with Crippen molar-refractivity contribution in [3.05, 3.63) is 33.9 Å². The number of rotatable bonds is 1. The van der Waals surface area contributed by atoms with E-state index >= 15 is 0 Å². The lowest BCUT2D eigenvalue weighted by molar-refractivity contribution is 0.0541. The number of hydrogen-bond acceptors (Lipinski definition) is 2. The van der Waals surface area contributed by atoms with E-state index in [1.54, 1.807) is 0 Å². The molecule has 1 aromatic carbocycles. The van der Waals surface area contributed by atoms with E-state index in [9.17, 15) is 4.79 Å². The Kier molecular flexibility index (Phi) is 3.56. The summed E-state index contributed by atoms with van der Waals surface area (Å²) < 4.78 is 0. The van der Waals surface area contributed by atoms with Gasteiger partial charge in [0.25, 0.3) is 5.91 Å². The van der Waals surface area contributed by atoms with Crippen LogP contribution in [0.4, 0.5) is 0 Å². The third-order valence-electron chi connectivity index (χ3n) is 5.46. The van der Waals surface area contributed by atoms with Gasteiger partial charge in [-0.05, 0) is 82.9 Å². The van der Waals surface area contributed by atoms with Crippen LogP contribution in [0.25, 0.3) is 0 Å². The van der Waals surface area contributed by atoms with E-state index in [-0.39, 0.29) is 11.9 Å². The van der Waals surface area contributed by atoms with Gasteiger partial charge in [-0.2, -0.15) is 0 Å². The van der Waals surface area contributed by atoms with Crippen molar-refractivity contribution < 1.29 is 4.79 Å². The molecule has 0 saturated carbocycles. The predicted molar refractivity (Wildman–Crippen MR) is 85.8 cm³/mol. The van der Waals surface area contributed by atoms with Crippen molar-refractivity contribution in [2.24, 2.45) is 0 Å². The fourth-order valence-electron chi connectivity index (χ4n) is 4.12. The lowest BCUT2D eigenvalue weighted by atomic mass is 9.92. The van der Waals surface area contributed by atoms with Crippen molar-refractivity contribution >= 4 is 5.91 Å². The molecule has 3 heteroatoms. The molecule has 1 aromatic rings. The highest BCUT2D eigenvalue weighted by Crippen LogP contribution is 2.41. The van der Waals surface area contributed by atoms with Gasteiger partial charge >= 0.3 is 0 Å². The molecule has 3 nitrogen and oxygen atoms in total. The van der Waals surface area contributed by atoms with Crippen molar-refractivity contribution in [2.75, 3.05) is 20.1 Å². The number of likely N-dealkylation sites (tertiary alicyclic amines) is 1. The molecule has 1 saturated heterocycles. The minimum absolute atomic E-state index is 0.222. The van der Waals surface area contributed by atoms with Crippen LogP contribution in [0.2, 0.25) is 0 Å². The second kappa shape index (κ2) is 5.13. The van der Waals surface area contributed by atoms with Gasteiger partial charge in [0.15, 0.2) is 0 Å². The predicted octanol–water partition coefficient (Wildman–Crippen LogP) is 3.22. The maximum atomic E-state index is 13.0. The van der Waals surface area contributed by atoms with Gasteiger partial charge in [0.05, 0.1) is 6.04 Å². The molecule has 0 radical (unpaired) electrons. The molecule has 2 aliphatic heterocycles. The molecule has 0 aliphatic carbocycles. The normalized spacial score (nSPS) is 23.8. The van der Waals surface area contributed by atoms with E-state index in [1.807, 2.05) is 0 Å². The highest BCUT2D eigenvalue weighted by Gasteiger charge is 2.41. The highest BCUT2D eigenvalue weighted by atomic mass is 16.2. The summed E-state index contributed by atoms with van der Waals surface area (Å²) in [4.78, 5) is 17.5. The van der Waals surface area contributed by atoms with Crippen molar-refractivity contribution in [1.29, 1.82) is 0 Å². The zero-order valence-electron chi connectivity index (χ0n) is 13.9. The Morgan fingerprint density at radius 1 is 1.10 bits per heavy atom. The van der Waals surface area contributed by atoms with Crippen LogP contribution in [-0.4, -0.2) is 41.9 Å². The van der Waals surface area contributed by atoms with E-state index in [4.69, 9.17) is 0 Å². The Morgan fingerprint density at radius 2 is 1.71 bits per heavy atom. The molecule has 1 atom stereocenters. The van der Waals surface area contributed by atoms with Gasteiger partial charge in [-0.25, -0.2) is 0 Å². The Labute approximate surface area is 127 Å². The Hall–Kier alpha value is -1.35. The van der Waals surface area contributed by atoms with E-state index < -0.39 is 0 Å². The largest absolute Gasteiger partial charge is 0.329 e. The summed E-state index contributed by atoms with van der Waals surface area (Å²) in [6, 6.07) is 2.78. The number of aryl methyl sites for hydroxylation is 2. The van der Waals surface area contributed by atoms with Crippen LogP contribution in [0, 0.1) is 20.8 Å². The average Bonchev–Trinajstić information content (AvgIpc) is 2.70. The second-order valence-electron chi connectivity index (χ2n) is 6.85. The minimum atomic E-state index is 0.222. The van der Waals surface area contributed by atoms with Gasteiger partial charge in [-0.15, -0.1) is 0 Å². The summed E-state index contributed by atoms with van der Waals surface area (Å²) in [7, 11) is 2.16. The molecule has 2 heterocycles. The van der Waals surface area contributed by atoms with Crippen LogP contribution in [0.5, 0.6) is 0 Å². The van der Waals surface area contributed by atoms with Crippen LogP contribution in [0.3, 0.4) is 0 Å². The fourth-order valence-corrected chi connectivity index (χ4v) is 4.12. The average molecular weight is 286 g/mol. The molecule has 0 bridgehead atoms. The number of carbonyl (C=O) groups excluding carboxylic acids is 1. The summed E-state index contributed by atoms with van der Waals surface area (Å²) in [6.07, 6.45) is 2.19. The number of carbonyl (C=O) groups is 1. The molecule has 0 spiro atoms. The van der Waals surface area contributed by atoms with Crippen LogP contribution < -0.4 is 0 Å². The number of hydrogen-bond donors (Lipinski definition) is 0. The molecule has 21 heavy (non-hydrogen) atoms. The lowest BCUT2D eigenvalue weighted by Gasteiger charge is -2.37. The summed E-state index contributed by atoms with van der Waals surface area (Å²) in [5, 5.41) is 0. The Bertz CT molecular complexity index is 585. The zero-order valence-corrected chi connectivity index (χ0v) is 13.9. The van der Waals surface area contributed by atoms with Crippen LogP contribution >= 0.6 is 0 Å². The molecular formula is C18H26N2O. The van der Waals surface area contributed by atoms with Crippen molar-refractivity contribution in [3.8, 4) is 0 Å². The second-order valence-corrected chi connectivity index (χ2v) is 6.85. The molecule has 1 amide bonds. The molecule has 3 rings (SSSR count).